The van der Waals surface area contributed by atoms with Crippen LogP contribution in [-0.2, 0) is 6.54 Å². The molecule has 0 aromatic heterocycles. The zero-order valence-corrected chi connectivity index (χ0v) is 12.2. The van der Waals surface area contributed by atoms with Crippen molar-refractivity contribution in [3.8, 4) is 0 Å². The molecule has 0 spiro atoms. The lowest BCUT2D eigenvalue weighted by molar-refractivity contribution is 0.177. The van der Waals surface area contributed by atoms with Crippen LogP contribution in [0.5, 0.6) is 0 Å². The van der Waals surface area contributed by atoms with Crippen molar-refractivity contribution < 1.29 is 0 Å². The summed E-state index contributed by atoms with van der Waals surface area (Å²) in [6.45, 7) is 6.44. The van der Waals surface area contributed by atoms with Crippen LogP contribution >= 0.6 is 0 Å². The van der Waals surface area contributed by atoms with Gasteiger partial charge in [-0.3, -0.25) is 4.90 Å². The number of nitrogens with two attached hydrogens (primary N) is 1. The van der Waals surface area contributed by atoms with E-state index in [0.29, 0.717) is 0 Å². The first-order chi connectivity index (χ1) is 9.28. The van der Waals surface area contributed by atoms with Crippen LogP contribution in [0, 0.1) is 11.8 Å². The molecule has 106 valence electrons. The Bertz CT molecular complexity index is 350. The van der Waals surface area contributed by atoms with E-state index in [4.69, 9.17) is 5.73 Å². The van der Waals surface area contributed by atoms with Crippen LogP contribution in [0.15, 0.2) is 30.3 Å². The van der Waals surface area contributed by atoms with Crippen LogP contribution in [0.2, 0.25) is 0 Å². The van der Waals surface area contributed by atoms with Crippen molar-refractivity contribution in [1.29, 1.82) is 0 Å². The summed E-state index contributed by atoms with van der Waals surface area (Å²) in [5.41, 5.74) is 7.18. The van der Waals surface area contributed by atoms with E-state index in [1.54, 1.807) is 0 Å². The maximum Gasteiger partial charge on any atom is 0.0234 e. The monoisotopic (exact) mass is 260 g/mol. The normalized spacial score (nSPS) is 23.7. The Morgan fingerprint density at radius 1 is 1.21 bits per heavy atom. The zero-order chi connectivity index (χ0) is 13.5. The minimum absolute atomic E-state index is 0.759. The lowest BCUT2D eigenvalue weighted by atomic mass is 9.82. The molecule has 2 N–H and O–H groups in total. The lowest BCUT2D eigenvalue weighted by Gasteiger charge is -2.32. The second-order valence-corrected chi connectivity index (χ2v) is 6.15. The summed E-state index contributed by atoms with van der Waals surface area (Å²) in [4.78, 5) is 2.54. The van der Waals surface area contributed by atoms with Crippen LogP contribution in [-0.4, -0.2) is 24.5 Å². The highest BCUT2D eigenvalue weighted by Gasteiger charge is 2.21. The first-order valence-corrected chi connectivity index (χ1v) is 7.74. The van der Waals surface area contributed by atoms with E-state index in [0.717, 1.165) is 31.5 Å². The van der Waals surface area contributed by atoms with Crippen LogP contribution < -0.4 is 5.73 Å². The molecule has 0 aliphatic heterocycles. The molecule has 0 bridgehead atoms. The Labute approximate surface area is 118 Å². The van der Waals surface area contributed by atoms with Gasteiger partial charge in [-0.15, -0.1) is 0 Å². The molecule has 0 heterocycles. The van der Waals surface area contributed by atoms with E-state index >= 15 is 0 Å². The van der Waals surface area contributed by atoms with Gasteiger partial charge in [-0.05, 0) is 30.2 Å². The van der Waals surface area contributed by atoms with E-state index in [2.05, 4.69) is 42.2 Å². The van der Waals surface area contributed by atoms with Gasteiger partial charge in [0.25, 0.3) is 0 Å². The molecule has 2 rings (SSSR count). The number of hydrogen-bond acceptors (Lipinski definition) is 2. The average Bonchev–Trinajstić information content (AvgIpc) is 2.40. The maximum absolute atomic E-state index is 5.77. The highest BCUT2D eigenvalue weighted by atomic mass is 15.1. The van der Waals surface area contributed by atoms with Crippen molar-refractivity contribution in [2.24, 2.45) is 17.6 Å². The van der Waals surface area contributed by atoms with Crippen molar-refractivity contribution in [1.82, 2.24) is 4.90 Å². The Kier molecular flexibility index (Phi) is 5.87. The number of hydrogen-bond donors (Lipinski definition) is 1. The molecule has 2 nitrogen and oxygen atoms in total. The van der Waals surface area contributed by atoms with Crippen molar-refractivity contribution in [2.45, 2.75) is 39.2 Å². The van der Waals surface area contributed by atoms with Gasteiger partial charge in [-0.25, -0.2) is 0 Å². The molecule has 1 aliphatic carbocycles. The molecule has 1 fully saturated rings. The van der Waals surface area contributed by atoms with Gasteiger partial charge in [0.15, 0.2) is 0 Å². The van der Waals surface area contributed by atoms with Crippen LogP contribution in [0.3, 0.4) is 0 Å². The summed E-state index contributed by atoms with van der Waals surface area (Å²) in [6.07, 6.45) is 5.63. The molecule has 1 aromatic carbocycles. The van der Waals surface area contributed by atoms with E-state index in [9.17, 15) is 0 Å². The standard InChI is InChI=1S/C17H28N2/c1-15-6-5-9-17(12-15)14-19(11-10-18)13-16-7-3-2-4-8-16/h2-4,7-8,15,17H,5-6,9-14,18H2,1H3. The predicted molar refractivity (Wildman–Crippen MR) is 81.9 cm³/mol. The first kappa shape index (κ1) is 14.5. The number of benzene rings is 1. The van der Waals surface area contributed by atoms with Crippen LogP contribution in [0.25, 0.3) is 0 Å². The fraction of sp³-hybridized carbons (Fsp3) is 0.647. The topological polar surface area (TPSA) is 29.3 Å². The van der Waals surface area contributed by atoms with E-state index < -0.39 is 0 Å². The minimum Gasteiger partial charge on any atom is -0.329 e. The largest absolute Gasteiger partial charge is 0.329 e. The second kappa shape index (κ2) is 7.66. The predicted octanol–water partition coefficient (Wildman–Crippen LogP) is 3.27. The molecule has 19 heavy (non-hydrogen) atoms. The third kappa shape index (κ3) is 4.96. The van der Waals surface area contributed by atoms with Gasteiger partial charge in [0.2, 0.25) is 0 Å². The quantitative estimate of drug-likeness (QED) is 0.850. The summed E-state index contributed by atoms with van der Waals surface area (Å²) >= 11 is 0. The second-order valence-electron chi connectivity index (χ2n) is 6.15. The van der Waals surface area contributed by atoms with E-state index in [1.807, 2.05) is 0 Å². The molecular formula is C17H28N2. The Morgan fingerprint density at radius 3 is 2.68 bits per heavy atom. The molecule has 0 radical (unpaired) electrons. The molecule has 1 saturated carbocycles. The van der Waals surface area contributed by atoms with Gasteiger partial charge in [0.1, 0.15) is 0 Å². The third-order valence-electron chi connectivity index (χ3n) is 4.26. The molecule has 0 amide bonds. The van der Waals surface area contributed by atoms with Gasteiger partial charge in [0.05, 0.1) is 0 Å². The highest BCUT2D eigenvalue weighted by Crippen LogP contribution is 2.29. The maximum atomic E-state index is 5.77. The average molecular weight is 260 g/mol. The minimum atomic E-state index is 0.759. The molecule has 1 aromatic rings. The molecule has 1 aliphatic rings. The number of rotatable bonds is 6. The lowest BCUT2D eigenvalue weighted by Crippen LogP contribution is -2.35. The third-order valence-corrected chi connectivity index (χ3v) is 4.26. The van der Waals surface area contributed by atoms with Crippen LogP contribution in [0.4, 0.5) is 0 Å². The van der Waals surface area contributed by atoms with E-state index in [1.165, 1.54) is 37.8 Å². The molecular weight excluding hydrogens is 232 g/mol. The van der Waals surface area contributed by atoms with Gasteiger partial charge in [-0.2, -0.15) is 0 Å². The Balaban J connectivity index is 1.88. The molecule has 2 heteroatoms. The van der Waals surface area contributed by atoms with Crippen molar-refractivity contribution >= 4 is 0 Å². The summed E-state index contributed by atoms with van der Waals surface area (Å²) in [5.74, 6) is 1.79. The fourth-order valence-electron chi connectivity index (χ4n) is 3.35. The summed E-state index contributed by atoms with van der Waals surface area (Å²) < 4.78 is 0. The summed E-state index contributed by atoms with van der Waals surface area (Å²) in [7, 11) is 0. The van der Waals surface area contributed by atoms with Crippen molar-refractivity contribution in [2.75, 3.05) is 19.6 Å². The highest BCUT2D eigenvalue weighted by molar-refractivity contribution is 5.14. The zero-order valence-electron chi connectivity index (χ0n) is 12.2. The van der Waals surface area contributed by atoms with E-state index in [-0.39, 0.29) is 0 Å². The molecule has 0 saturated heterocycles. The first-order valence-electron chi connectivity index (χ1n) is 7.74. The SMILES string of the molecule is CC1CCCC(CN(CCN)Cc2ccccc2)C1. The molecule has 2 unspecified atom stereocenters. The Hall–Kier alpha value is -0.860. The van der Waals surface area contributed by atoms with Gasteiger partial charge >= 0.3 is 0 Å². The number of nitrogens with zero attached hydrogens (tertiary/aromatic N) is 1. The van der Waals surface area contributed by atoms with Crippen LogP contribution in [0.1, 0.15) is 38.2 Å². The van der Waals surface area contributed by atoms with Crippen molar-refractivity contribution in [3.05, 3.63) is 35.9 Å². The van der Waals surface area contributed by atoms with Crippen molar-refractivity contribution in [3.63, 3.8) is 0 Å². The smallest absolute Gasteiger partial charge is 0.0234 e. The Morgan fingerprint density at radius 2 is 2.00 bits per heavy atom. The summed E-state index contributed by atoms with van der Waals surface area (Å²) in [6, 6.07) is 10.8. The van der Waals surface area contributed by atoms with Gasteiger partial charge in [0, 0.05) is 26.2 Å². The molecule has 2 atom stereocenters. The summed E-state index contributed by atoms with van der Waals surface area (Å²) in [5, 5.41) is 0. The van der Waals surface area contributed by atoms with Gasteiger partial charge < -0.3 is 5.73 Å². The van der Waals surface area contributed by atoms with Gasteiger partial charge in [-0.1, -0.05) is 50.1 Å². The fourth-order valence-corrected chi connectivity index (χ4v) is 3.35.